The molecular formula is C14H15ClN2O. The highest BCUT2D eigenvalue weighted by Gasteiger charge is 2.08. The highest BCUT2D eigenvalue weighted by atomic mass is 35.5. The summed E-state index contributed by atoms with van der Waals surface area (Å²) >= 11 is 6.11. The first-order chi connectivity index (χ1) is 8.61. The molecule has 2 aromatic rings. The summed E-state index contributed by atoms with van der Waals surface area (Å²) in [6.07, 6.45) is 1.67. The monoisotopic (exact) mass is 262 g/mol. The molecular weight excluding hydrogens is 248 g/mol. The standard InChI is InChI=1S/C14H15ClN2O/c1-9-4-3-5-13(10(9)2)18-14-12(15)6-11(7-16)8-17-14/h3-6,8H,7,16H2,1-2H3. The fourth-order valence-electron chi connectivity index (χ4n) is 1.59. The van der Waals surface area contributed by atoms with Crippen molar-refractivity contribution in [1.82, 2.24) is 4.98 Å². The molecule has 4 heteroatoms. The summed E-state index contributed by atoms with van der Waals surface area (Å²) in [5.41, 5.74) is 8.66. The van der Waals surface area contributed by atoms with Gasteiger partial charge in [-0.15, -0.1) is 0 Å². The number of pyridine rings is 1. The minimum atomic E-state index is 0.405. The number of nitrogens with zero attached hydrogens (tertiary/aromatic N) is 1. The summed E-state index contributed by atoms with van der Waals surface area (Å²) in [6, 6.07) is 7.65. The van der Waals surface area contributed by atoms with E-state index in [9.17, 15) is 0 Å². The zero-order chi connectivity index (χ0) is 13.1. The van der Waals surface area contributed by atoms with E-state index >= 15 is 0 Å². The van der Waals surface area contributed by atoms with Crippen molar-refractivity contribution in [2.75, 3.05) is 0 Å². The number of aromatic nitrogens is 1. The highest BCUT2D eigenvalue weighted by molar-refractivity contribution is 6.31. The lowest BCUT2D eigenvalue weighted by molar-refractivity contribution is 0.459. The first-order valence-corrected chi connectivity index (χ1v) is 6.08. The third kappa shape index (κ3) is 2.63. The molecule has 0 aliphatic carbocycles. The van der Waals surface area contributed by atoms with Crippen LogP contribution in [0.4, 0.5) is 0 Å². The molecule has 0 spiro atoms. The van der Waals surface area contributed by atoms with Crippen molar-refractivity contribution in [3.8, 4) is 11.6 Å². The first kappa shape index (κ1) is 12.9. The van der Waals surface area contributed by atoms with E-state index in [1.165, 1.54) is 5.56 Å². The van der Waals surface area contributed by atoms with Gasteiger partial charge in [0, 0.05) is 12.7 Å². The summed E-state index contributed by atoms with van der Waals surface area (Å²) in [5.74, 6) is 1.17. The highest BCUT2D eigenvalue weighted by Crippen LogP contribution is 2.30. The largest absolute Gasteiger partial charge is 0.437 e. The third-order valence-electron chi connectivity index (χ3n) is 2.86. The van der Waals surface area contributed by atoms with Crippen molar-refractivity contribution in [1.29, 1.82) is 0 Å². The normalized spacial score (nSPS) is 10.4. The summed E-state index contributed by atoms with van der Waals surface area (Å²) in [4.78, 5) is 4.18. The lowest BCUT2D eigenvalue weighted by Gasteiger charge is -2.11. The van der Waals surface area contributed by atoms with Gasteiger partial charge in [0.2, 0.25) is 5.88 Å². The van der Waals surface area contributed by atoms with E-state index in [1.54, 1.807) is 12.3 Å². The van der Waals surface area contributed by atoms with Gasteiger partial charge in [-0.1, -0.05) is 23.7 Å². The second-order valence-electron chi connectivity index (χ2n) is 4.13. The van der Waals surface area contributed by atoms with Crippen molar-refractivity contribution in [3.63, 3.8) is 0 Å². The summed E-state index contributed by atoms with van der Waals surface area (Å²) in [5, 5.41) is 0.471. The molecule has 2 N–H and O–H groups in total. The molecule has 0 unspecified atom stereocenters. The van der Waals surface area contributed by atoms with Gasteiger partial charge < -0.3 is 10.5 Å². The number of nitrogens with two attached hydrogens (primary N) is 1. The molecule has 1 aromatic heterocycles. The van der Waals surface area contributed by atoms with Crippen molar-refractivity contribution < 1.29 is 4.74 Å². The average molecular weight is 263 g/mol. The van der Waals surface area contributed by atoms with E-state index < -0.39 is 0 Å². The fraction of sp³-hybridized carbons (Fsp3) is 0.214. The molecule has 1 heterocycles. The number of rotatable bonds is 3. The van der Waals surface area contributed by atoms with Gasteiger partial charge in [-0.2, -0.15) is 0 Å². The number of benzene rings is 1. The van der Waals surface area contributed by atoms with E-state index in [-0.39, 0.29) is 0 Å². The van der Waals surface area contributed by atoms with Gasteiger partial charge in [-0.05, 0) is 42.7 Å². The van der Waals surface area contributed by atoms with Crippen LogP contribution in [-0.2, 0) is 6.54 Å². The van der Waals surface area contributed by atoms with E-state index in [1.807, 2.05) is 32.0 Å². The Morgan fingerprint density at radius 2 is 2.11 bits per heavy atom. The van der Waals surface area contributed by atoms with Gasteiger partial charge in [-0.25, -0.2) is 4.98 Å². The van der Waals surface area contributed by atoms with Crippen molar-refractivity contribution in [2.24, 2.45) is 5.73 Å². The molecule has 0 bridgehead atoms. The topological polar surface area (TPSA) is 48.1 Å². The number of hydrogen-bond donors (Lipinski definition) is 1. The molecule has 0 atom stereocenters. The van der Waals surface area contributed by atoms with Crippen LogP contribution in [0.1, 0.15) is 16.7 Å². The molecule has 0 aliphatic rings. The Hall–Kier alpha value is -1.58. The number of ether oxygens (including phenoxy) is 1. The van der Waals surface area contributed by atoms with E-state index in [0.717, 1.165) is 16.9 Å². The molecule has 18 heavy (non-hydrogen) atoms. The molecule has 0 aliphatic heterocycles. The van der Waals surface area contributed by atoms with Crippen LogP contribution in [0.5, 0.6) is 11.6 Å². The molecule has 0 amide bonds. The maximum Gasteiger partial charge on any atom is 0.238 e. The molecule has 3 nitrogen and oxygen atoms in total. The van der Waals surface area contributed by atoms with Crippen LogP contribution in [0.3, 0.4) is 0 Å². The Morgan fingerprint density at radius 1 is 1.33 bits per heavy atom. The van der Waals surface area contributed by atoms with Gasteiger partial charge in [0.15, 0.2) is 0 Å². The van der Waals surface area contributed by atoms with Gasteiger partial charge in [0.05, 0.1) is 0 Å². The maximum atomic E-state index is 6.11. The zero-order valence-electron chi connectivity index (χ0n) is 10.4. The number of aryl methyl sites for hydroxylation is 1. The van der Waals surface area contributed by atoms with Gasteiger partial charge in [0.25, 0.3) is 0 Å². The predicted octanol–water partition coefficient (Wildman–Crippen LogP) is 3.60. The lowest BCUT2D eigenvalue weighted by Crippen LogP contribution is -1.98. The second kappa shape index (κ2) is 5.38. The van der Waals surface area contributed by atoms with Gasteiger partial charge in [-0.3, -0.25) is 0 Å². The summed E-state index contributed by atoms with van der Waals surface area (Å²) in [7, 11) is 0. The summed E-state index contributed by atoms with van der Waals surface area (Å²) < 4.78 is 5.74. The molecule has 0 fully saturated rings. The Balaban J connectivity index is 2.31. The first-order valence-electron chi connectivity index (χ1n) is 5.70. The van der Waals surface area contributed by atoms with E-state index in [2.05, 4.69) is 4.98 Å². The Labute approximate surface area is 112 Å². The van der Waals surface area contributed by atoms with Crippen LogP contribution in [0.2, 0.25) is 5.02 Å². The van der Waals surface area contributed by atoms with Crippen molar-refractivity contribution >= 4 is 11.6 Å². The zero-order valence-corrected chi connectivity index (χ0v) is 11.2. The minimum Gasteiger partial charge on any atom is -0.437 e. The Kier molecular flexibility index (Phi) is 3.84. The fourth-order valence-corrected chi connectivity index (χ4v) is 1.82. The second-order valence-corrected chi connectivity index (χ2v) is 4.54. The molecule has 0 saturated heterocycles. The smallest absolute Gasteiger partial charge is 0.238 e. The van der Waals surface area contributed by atoms with Gasteiger partial charge >= 0.3 is 0 Å². The van der Waals surface area contributed by atoms with Crippen LogP contribution in [0.25, 0.3) is 0 Å². The van der Waals surface area contributed by atoms with E-state index in [0.29, 0.717) is 17.4 Å². The third-order valence-corrected chi connectivity index (χ3v) is 3.13. The molecule has 0 radical (unpaired) electrons. The maximum absolute atomic E-state index is 6.11. The van der Waals surface area contributed by atoms with Gasteiger partial charge in [0.1, 0.15) is 10.8 Å². The number of hydrogen-bond acceptors (Lipinski definition) is 3. The number of halogens is 1. The molecule has 94 valence electrons. The molecule has 0 saturated carbocycles. The Morgan fingerprint density at radius 3 is 2.78 bits per heavy atom. The van der Waals surface area contributed by atoms with Crippen molar-refractivity contribution in [3.05, 3.63) is 52.2 Å². The average Bonchev–Trinajstić information content (AvgIpc) is 2.37. The van der Waals surface area contributed by atoms with Crippen LogP contribution in [-0.4, -0.2) is 4.98 Å². The molecule has 2 rings (SSSR count). The van der Waals surface area contributed by atoms with Crippen LogP contribution >= 0.6 is 11.6 Å². The quantitative estimate of drug-likeness (QED) is 0.919. The van der Waals surface area contributed by atoms with E-state index in [4.69, 9.17) is 22.1 Å². The minimum absolute atomic E-state index is 0.405. The van der Waals surface area contributed by atoms with Crippen LogP contribution < -0.4 is 10.5 Å². The lowest BCUT2D eigenvalue weighted by atomic mass is 10.1. The predicted molar refractivity (Wildman–Crippen MR) is 73.1 cm³/mol. The van der Waals surface area contributed by atoms with Crippen molar-refractivity contribution in [2.45, 2.75) is 20.4 Å². The SMILES string of the molecule is Cc1cccc(Oc2ncc(CN)cc2Cl)c1C. The van der Waals surface area contributed by atoms with Crippen LogP contribution in [0.15, 0.2) is 30.5 Å². The molecule has 1 aromatic carbocycles. The Bertz CT molecular complexity index is 570. The summed E-state index contributed by atoms with van der Waals surface area (Å²) in [6.45, 7) is 4.46. The van der Waals surface area contributed by atoms with Crippen LogP contribution in [0, 0.1) is 13.8 Å².